The predicted octanol–water partition coefficient (Wildman–Crippen LogP) is 4.16. The summed E-state index contributed by atoms with van der Waals surface area (Å²) >= 11 is 0.980. The second kappa shape index (κ2) is 10.0. The van der Waals surface area contributed by atoms with E-state index in [1.54, 1.807) is 0 Å². The van der Waals surface area contributed by atoms with Crippen molar-refractivity contribution in [1.82, 2.24) is 29.7 Å². The van der Waals surface area contributed by atoms with Crippen molar-refractivity contribution in [2.75, 3.05) is 43.4 Å². The van der Waals surface area contributed by atoms with E-state index in [0.29, 0.717) is 44.7 Å². The van der Waals surface area contributed by atoms with Crippen LogP contribution in [0.5, 0.6) is 6.01 Å². The van der Waals surface area contributed by atoms with E-state index in [0.717, 1.165) is 43.6 Å². The lowest BCUT2D eigenvalue weighted by molar-refractivity contribution is 0.107. The number of ether oxygens (including phenoxy) is 1. The fourth-order valence-corrected chi connectivity index (χ4v) is 9.01. The Kier molecular flexibility index (Phi) is 6.18. The van der Waals surface area contributed by atoms with Gasteiger partial charge in [0.15, 0.2) is 10.9 Å². The number of fused-ring (bicyclic) bond motifs is 5. The number of rotatable bonds is 6. The Balaban J connectivity index is 1.25. The number of benzene rings is 1. The fraction of sp³-hybridized carbons (Fsp3) is 0.548. The Morgan fingerprint density at radius 1 is 1.07 bits per heavy atom. The van der Waals surface area contributed by atoms with Gasteiger partial charge in [0.1, 0.15) is 35.3 Å². The maximum absolute atomic E-state index is 17.2. The average Bonchev–Trinajstić information content (AvgIpc) is 3.35. The monoisotopic (exact) mass is 638 g/mol. The summed E-state index contributed by atoms with van der Waals surface area (Å²) < 4.78 is 54.4. The molecule has 0 spiro atoms. The molecule has 4 aliphatic heterocycles. The number of nitrogen functional groups attached to an aromatic ring is 1. The molecule has 7 heterocycles. The summed E-state index contributed by atoms with van der Waals surface area (Å²) in [6.45, 7) is 2.60. The molecule has 4 saturated heterocycles. The molecule has 0 radical (unpaired) electrons. The minimum atomic E-state index is -0.925. The molecule has 3 unspecified atom stereocenters. The van der Waals surface area contributed by atoms with E-state index in [1.807, 2.05) is 0 Å². The van der Waals surface area contributed by atoms with Crippen LogP contribution in [0.2, 0.25) is 0 Å². The topological polar surface area (TPSA) is 114 Å². The second-order valence-electron chi connectivity index (χ2n) is 13.4. The Morgan fingerprint density at radius 2 is 1.87 bits per heavy atom. The molecule has 45 heavy (non-hydrogen) atoms. The Hall–Kier alpha value is -3.49. The van der Waals surface area contributed by atoms with Crippen molar-refractivity contribution in [3.05, 3.63) is 34.1 Å². The van der Waals surface area contributed by atoms with Crippen molar-refractivity contribution in [2.45, 2.75) is 74.8 Å². The number of thiazole rings is 1. The normalized spacial score (nSPS) is 28.1. The van der Waals surface area contributed by atoms with Crippen molar-refractivity contribution in [3.63, 3.8) is 0 Å². The highest BCUT2D eigenvalue weighted by Crippen LogP contribution is 2.44. The fourth-order valence-electron chi connectivity index (χ4n) is 8.25. The SMILES string of the molecule is Nc1nc2c(-c3c(F)c4nc(OCC56CCCN5C[C@H](F)C6)nc(N5CC6CCC(C5)N6)c4c(=O)n3C3CC3)ccc(F)c2s1. The van der Waals surface area contributed by atoms with Gasteiger partial charge in [-0.05, 0) is 57.2 Å². The van der Waals surface area contributed by atoms with Gasteiger partial charge in [-0.1, -0.05) is 11.3 Å². The third-order valence-electron chi connectivity index (χ3n) is 10.4. The highest BCUT2D eigenvalue weighted by Gasteiger charge is 2.49. The van der Waals surface area contributed by atoms with Crippen LogP contribution >= 0.6 is 11.3 Å². The molecule has 14 heteroatoms. The second-order valence-corrected chi connectivity index (χ2v) is 14.4. The summed E-state index contributed by atoms with van der Waals surface area (Å²) in [7, 11) is 0. The number of halogens is 3. The van der Waals surface area contributed by atoms with Crippen LogP contribution < -0.4 is 26.2 Å². The number of nitrogens with two attached hydrogens (primary N) is 1. The Labute approximate surface area is 260 Å². The lowest BCUT2D eigenvalue weighted by Crippen LogP contribution is -2.51. The lowest BCUT2D eigenvalue weighted by Gasteiger charge is -2.34. The maximum atomic E-state index is 17.2. The number of hydrogen-bond acceptors (Lipinski definition) is 10. The molecular formula is C31H33F3N8O2S. The van der Waals surface area contributed by atoms with Crippen LogP contribution in [-0.4, -0.2) is 81.0 Å². The molecule has 10 nitrogen and oxygen atoms in total. The quantitative estimate of drug-likeness (QED) is 0.322. The smallest absolute Gasteiger partial charge is 0.319 e. The number of nitrogens with one attached hydrogen (secondary N) is 1. The first-order chi connectivity index (χ1) is 21.8. The first-order valence-electron chi connectivity index (χ1n) is 15.8. The molecule has 5 aliphatic rings. The van der Waals surface area contributed by atoms with Crippen LogP contribution in [-0.2, 0) is 0 Å². The van der Waals surface area contributed by atoms with Gasteiger partial charge in [0, 0.05) is 49.7 Å². The van der Waals surface area contributed by atoms with Crippen LogP contribution in [0.25, 0.3) is 32.4 Å². The largest absolute Gasteiger partial charge is 0.461 e. The summed E-state index contributed by atoms with van der Waals surface area (Å²) in [4.78, 5) is 32.4. The summed E-state index contributed by atoms with van der Waals surface area (Å²) in [6, 6.07) is 2.93. The number of aromatic nitrogens is 4. The number of anilines is 2. The predicted molar refractivity (Wildman–Crippen MR) is 166 cm³/mol. The molecule has 4 atom stereocenters. The van der Waals surface area contributed by atoms with E-state index in [9.17, 15) is 13.6 Å². The van der Waals surface area contributed by atoms with Gasteiger partial charge in [0.25, 0.3) is 5.56 Å². The van der Waals surface area contributed by atoms with Gasteiger partial charge in [-0.2, -0.15) is 9.97 Å². The zero-order valence-corrected chi connectivity index (χ0v) is 25.4. The van der Waals surface area contributed by atoms with Gasteiger partial charge in [-0.3, -0.25) is 9.69 Å². The number of alkyl halides is 1. The molecule has 2 bridgehead atoms. The molecule has 0 amide bonds. The molecule has 3 aromatic heterocycles. The molecule has 9 rings (SSSR count). The van der Waals surface area contributed by atoms with E-state index < -0.39 is 28.9 Å². The van der Waals surface area contributed by atoms with Crippen LogP contribution in [0, 0.1) is 11.6 Å². The third kappa shape index (κ3) is 4.35. The van der Waals surface area contributed by atoms with Crippen molar-refractivity contribution in [1.29, 1.82) is 0 Å². The van der Waals surface area contributed by atoms with Gasteiger partial charge in [0.2, 0.25) is 0 Å². The third-order valence-corrected chi connectivity index (χ3v) is 11.3. The van der Waals surface area contributed by atoms with Crippen molar-refractivity contribution < 1.29 is 17.9 Å². The summed E-state index contributed by atoms with van der Waals surface area (Å²) in [6.07, 6.45) is 4.65. The van der Waals surface area contributed by atoms with E-state index >= 15 is 4.39 Å². The highest BCUT2D eigenvalue weighted by atomic mass is 32.1. The molecule has 5 fully saturated rings. The van der Waals surface area contributed by atoms with Gasteiger partial charge in [0.05, 0.1) is 21.4 Å². The average molecular weight is 639 g/mol. The molecule has 1 aromatic carbocycles. The Bertz CT molecular complexity index is 1920. The zero-order chi connectivity index (χ0) is 30.6. The molecule has 236 valence electrons. The van der Waals surface area contributed by atoms with Crippen LogP contribution in [0.15, 0.2) is 16.9 Å². The van der Waals surface area contributed by atoms with Gasteiger partial charge in [-0.25, -0.2) is 18.2 Å². The number of nitrogens with zero attached hydrogens (tertiary/aromatic N) is 6. The van der Waals surface area contributed by atoms with Gasteiger partial charge >= 0.3 is 6.01 Å². The zero-order valence-electron chi connectivity index (χ0n) is 24.6. The van der Waals surface area contributed by atoms with E-state index in [2.05, 4.69) is 25.1 Å². The van der Waals surface area contributed by atoms with Crippen molar-refractivity contribution >= 4 is 43.4 Å². The lowest BCUT2D eigenvalue weighted by atomic mass is 9.95. The van der Waals surface area contributed by atoms with Gasteiger partial charge < -0.3 is 25.3 Å². The maximum Gasteiger partial charge on any atom is 0.319 e. The molecule has 3 N–H and O–H groups in total. The van der Waals surface area contributed by atoms with Crippen molar-refractivity contribution in [2.24, 2.45) is 0 Å². The van der Waals surface area contributed by atoms with E-state index in [1.165, 1.54) is 16.7 Å². The summed E-state index contributed by atoms with van der Waals surface area (Å²) in [5.74, 6) is -0.871. The van der Waals surface area contributed by atoms with E-state index in [4.69, 9.17) is 15.5 Å². The Morgan fingerprint density at radius 3 is 2.64 bits per heavy atom. The van der Waals surface area contributed by atoms with Crippen molar-refractivity contribution in [3.8, 4) is 17.3 Å². The molecule has 4 aromatic rings. The standard InChI is InChI=1S/C31H33F3N8O2S/c32-15-10-31(8-1-9-41(31)11-15)14-44-30-38-24-21(27(39-30)40-12-16-2-3-17(13-40)36-16)28(43)42(18-4-5-18)25(22(24)34)19-6-7-20(33)26-23(19)37-29(35)45-26/h6-7,15-18,36H,1-5,8-14H2,(H2,35,37)/t15-,16?,17?,31?/m1/s1. The summed E-state index contributed by atoms with van der Waals surface area (Å²) in [5.41, 5.74) is 5.47. The summed E-state index contributed by atoms with van der Waals surface area (Å²) in [5, 5.41) is 3.86. The number of hydrogen-bond donors (Lipinski definition) is 2. The van der Waals surface area contributed by atoms with Crippen LogP contribution in [0.4, 0.5) is 24.1 Å². The minimum absolute atomic E-state index is 0.0120. The van der Waals surface area contributed by atoms with Crippen LogP contribution in [0.1, 0.15) is 51.0 Å². The number of piperazine rings is 1. The number of pyridine rings is 1. The van der Waals surface area contributed by atoms with Crippen LogP contribution in [0.3, 0.4) is 0 Å². The molecule has 1 saturated carbocycles. The molecule has 1 aliphatic carbocycles. The molecular weight excluding hydrogens is 605 g/mol. The highest BCUT2D eigenvalue weighted by molar-refractivity contribution is 7.22. The first kappa shape index (κ1) is 27.8. The minimum Gasteiger partial charge on any atom is -0.461 e. The van der Waals surface area contributed by atoms with Gasteiger partial charge in [-0.15, -0.1) is 0 Å². The first-order valence-corrected chi connectivity index (χ1v) is 16.6. The van der Waals surface area contributed by atoms with E-state index in [-0.39, 0.29) is 68.3 Å².